The van der Waals surface area contributed by atoms with Crippen LogP contribution in [0, 0.1) is 13.8 Å². The molecule has 0 aliphatic carbocycles. The molecule has 1 aromatic heterocycles. The van der Waals surface area contributed by atoms with Gasteiger partial charge in [0.1, 0.15) is 18.0 Å². The van der Waals surface area contributed by atoms with E-state index < -0.39 is 0 Å². The molecule has 5 heteroatoms. The molecule has 5 nitrogen and oxygen atoms in total. The Bertz CT molecular complexity index is 1440. The van der Waals surface area contributed by atoms with Crippen LogP contribution in [0.5, 0.6) is 0 Å². The number of nitrogens with two attached hydrogens (primary N) is 1. The van der Waals surface area contributed by atoms with Gasteiger partial charge >= 0.3 is 0 Å². The smallest absolute Gasteiger partial charge is 0.251 e. The van der Waals surface area contributed by atoms with E-state index in [1.54, 1.807) is 0 Å². The third kappa shape index (κ3) is 3.78. The van der Waals surface area contributed by atoms with Crippen LogP contribution in [0.2, 0.25) is 0 Å². The quantitative estimate of drug-likeness (QED) is 0.421. The number of nitrogens with zero attached hydrogens (tertiary/aromatic N) is 1. The summed E-state index contributed by atoms with van der Waals surface area (Å²) < 4.78 is 6.37. The summed E-state index contributed by atoms with van der Waals surface area (Å²) in [6, 6.07) is 24.9. The van der Waals surface area contributed by atoms with Crippen LogP contribution in [0.25, 0.3) is 0 Å². The van der Waals surface area contributed by atoms with E-state index in [2.05, 4.69) is 52.8 Å². The van der Waals surface area contributed by atoms with Gasteiger partial charge in [0.25, 0.3) is 5.91 Å². The van der Waals surface area contributed by atoms with E-state index in [1.165, 1.54) is 22.3 Å². The van der Waals surface area contributed by atoms with E-state index in [4.69, 9.17) is 10.5 Å². The molecule has 2 atom stereocenters. The van der Waals surface area contributed by atoms with Crippen molar-refractivity contribution in [2.45, 2.75) is 39.0 Å². The summed E-state index contributed by atoms with van der Waals surface area (Å²) in [6.07, 6.45) is 0.706. The number of hydrogen-bond acceptors (Lipinski definition) is 4. The average molecular weight is 462 g/mol. The highest BCUT2D eigenvalue weighted by molar-refractivity contribution is 5.94. The second-order valence-electron chi connectivity index (χ2n) is 9.48. The molecule has 3 aromatic carbocycles. The summed E-state index contributed by atoms with van der Waals surface area (Å²) >= 11 is 0. The predicted molar refractivity (Wildman–Crippen MR) is 136 cm³/mol. The van der Waals surface area contributed by atoms with Crippen LogP contribution >= 0.6 is 0 Å². The predicted octanol–water partition coefficient (Wildman–Crippen LogP) is 5.32. The van der Waals surface area contributed by atoms with Crippen LogP contribution in [-0.2, 0) is 17.7 Å². The van der Waals surface area contributed by atoms with Crippen LogP contribution in [0.4, 0.5) is 5.82 Å². The summed E-state index contributed by atoms with van der Waals surface area (Å²) in [5.41, 5.74) is 16.6. The first kappa shape index (κ1) is 21.6. The number of benzene rings is 3. The van der Waals surface area contributed by atoms with Crippen molar-refractivity contribution < 1.29 is 9.53 Å². The maximum absolute atomic E-state index is 13.0. The lowest BCUT2D eigenvalue weighted by atomic mass is 9.84. The maximum atomic E-state index is 13.0. The van der Waals surface area contributed by atoms with Gasteiger partial charge in [-0.25, -0.2) is 4.98 Å². The second-order valence-corrected chi connectivity index (χ2v) is 9.48. The minimum atomic E-state index is -0.126. The van der Waals surface area contributed by atoms with Crippen molar-refractivity contribution >= 4 is 11.7 Å². The van der Waals surface area contributed by atoms with Crippen LogP contribution in [0.3, 0.4) is 0 Å². The van der Waals surface area contributed by atoms with Gasteiger partial charge in [0.05, 0.1) is 0 Å². The van der Waals surface area contributed by atoms with Crippen molar-refractivity contribution in [3.63, 3.8) is 0 Å². The van der Waals surface area contributed by atoms with E-state index in [-0.39, 0.29) is 18.1 Å². The topological polar surface area (TPSA) is 77.2 Å². The third-order valence-electron chi connectivity index (χ3n) is 7.15. The van der Waals surface area contributed by atoms with Gasteiger partial charge in [0.15, 0.2) is 0 Å². The first-order chi connectivity index (χ1) is 17.0. The van der Waals surface area contributed by atoms with Gasteiger partial charge in [-0.05, 0) is 83.0 Å². The number of rotatable bonds is 5. The number of aryl methyl sites for hydroxylation is 2. The highest BCUT2D eigenvalue weighted by atomic mass is 16.5. The largest absolute Gasteiger partial charge is 0.384 e. The highest BCUT2D eigenvalue weighted by Crippen LogP contribution is 2.54. The number of carbonyl (C=O) groups is 1. The normalized spacial score (nSPS) is 17.2. The van der Waals surface area contributed by atoms with Gasteiger partial charge < -0.3 is 15.8 Å². The third-order valence-corrected chi connectivity index (χ3v) is 7.15. The first-order valence-corrected chi connectivity index (χ1v) is 11.9. The van der Waals surface area contributed by atoms with Crippen LogP contribution < -0.4 is 11.1 Å². The molecule has 2 aliphatic rings. The Labute approximate surface area is 205 Å². The van der Waals surface area contributed by atoms with Crippen LogP contribution in [0.1, 0.15) is 72.8 Å². The fourth-order valence-corrected chi connectivity index (χ4v) is 5.40. The fraction of sp³-hybridized carbons (Fsp3) is 0.200. The molecule has 0 spiro atoms. The van der Waals surface area contributed by atoms with E-state index >= 15 is 0 Å². The van der Waals surface area contributed by atoms with Gasteiger partial charge in [-0.1, -0.05) is 54.6 Å². The van der Waals surface area contributed by atoms with Gasteiger partial charge in [-0.15, -0.1) is 0 Å². The lowest BCUT2D eigenvalue weighted by Crippen LogP contribution is -2.24. The summed E-state index contributed by atoms with van der Waals surface area (Å²) in [7, 11) is 0. The molecule has 0 radical (unpaired) electrons. The standard InChI is InChI=1S/C30H27N3O2/c1-17-12-27(31)33-18(2)26(17)16-32-30(34)21-9-11-23-25(15-21)29-24-14-20(8-10-22(24)28(23)35-29)13-19-6-4-3-5-7-19/h3-12,14-15,28-29H,13,16H2,1-2H3,(H2,31,33)(H,32,34)/t28-,29+/m0/s1. The summed E-state index contributed by atoms with van der Waals surface area (Å²) in [6.45, 7) is 4.31. The lowest BCUT2D eigenvalue weighted by molar-refractivity contribution is 0.0857. The number of aromatic nitrogens is 1. The minimum Gasteiger partial charge on any atom is -0.384 e. The molecule has 0 saturated heterocycles. The Morgan fingerprint density at radius 3 is 2.37 bits per heavy atom. The van der Waals surface area contributed by atoms with Crippen LogP contribution in [-0.4, -0.2) is 10.9 Å². The number of anilines is 1. The molecule has 0 saturated carbocycles. The maximum Gasteiger partial charge on any atom is 0.251 e. The van der Waals surface area contributed by atoms with Crippen molar-refractivity contribution in [1.29, 1.82) is 0 Å². The van der Waals surface area contributed by atoms with E-state index in [1.807, 2.05) is 44.2 Å². The average Bonchev–Trinajstić information content (AvgIpc) is 3.41. The molecule has 3 heterocycles. The zero-order valence-corrected chi connectivity index (χ0v) is 19.8. The van der Waals surface area contributed by atoms with E-state index in [0.717, 1.165) is 34.4 Å². The molecule has 6 rings (SSSR count). The monoisotopic (exact) mass is 461 g/mol. The number of nitrogen functional groups attached to an aromatic ring is 1. The van der Waals surface area contributed by atoms with Gasteiger partial charge in [-0.3, -0.25) is 4.79 Å². The van der Waals surface area contributed by atoms with E-state index in [9.17, 15) is 4.79 Å². The summed E-state index contributed by atoms with van der Waals surface area (Å²) in [4.78, 5) is 17.3. The van der Waals surface area contributed by atoms with Gasteiger partial charge in [0.2, 0.25) is 0 Å². The Morgan fingerprint density at radius 2 is 1.60 bits per heavy atom. The lowest BCUT2D eigenvalue weighted by Gasteiger charge is -2.18. The van der Waals surface area contributed by atoms with Gasteiger partial charge in [0, 0.05) is 17.8 Å². The molecule has 0 unspecified atom stereocenters. The van der Waals surface area contributed by atoms with E-state index in [0.29, 0.717) is 17.9 Å². The van der Waals surface area contributed by atoms with Crippen molar-refractivity contribution in [2.75, 3.05) is 5.73 Å². The number of pyridine rings is 1. The molecule has 174 valence electrons. The molecular weight excluding hydrogens is 434 g/mol. The Kier molecular flexibility index (Phi) is 5.15. The SMILES string of the molecule is Cc1cc(N)nc(C)c1CNC(=O)c1ccc2c(c1)[C@@H]1O[C@H]2c2ccc(Cc3ccccc3)cc21. The zero-order valence-electron chi connectivity index (χ0n) is 19.8. The fourth-order valence-electron chi connectivity index (χ4n) is 5.40. The Balaban J connectivity index is 1.23. The molecule has 35 heavy (non-hydrogen) atoms. The minimum absolute atomic E-state index is 0.0564. The molecule has 2 bridgehead atoms. The molecule has 4 aromatic rings. The van der Waals surface area contributed by atoms with Gasteiger partial charge in [-0.2, -0.15) is 0 Å². The second kappa shape index (κ2) is 8.36. The first-order valence-electron chi connectivity index (χ1n) is 11.9. The molecule has 2 aliphatic heterocycles. The zero-order chi connectivity index (χ0) is 24.1. The van der Waals surface area contributed by atoms with Crippen LogP contribution in [0.15, 0.2) is 72.8 Å². The van der Waals surface area contributed by atoms with Crippen molar-refractivity contribution in [1.82, 2.24) is 10.3 Å². The van der Waals surface area contributed by atoms with Crippen molar-refractivity contribution in [3.8, 4) is 0 Å². The molecule has 1 amide bonds. The van der Waals surface area contributed by atoms with Crippen molar-refractivity contribution in [2.24, 2.45) is 0 Å². The molecular formula is C30H27N3O2. The molecule has 0 fully saturated rings. The Hall–Kier alpha value is -3.96. The number of carbonyl (C=O) groups excluding carboxylic acids is 1. The summed E-state index contributed by atoms with van der Waals surface area (Å²) in [5.74, 6) is 0.389. The van der Waals surface area contributed by atoms with Crippen molar-refractivity contribution in [3.05, 3.63) is 129 Å². The number of hydrogen-bond donors (Lipinski definition) is 2. The Morgan fingerprint density at radius 1 is 0.886 bits per heavy atom. The number of fused-ring (bicyclic) bond motifs is 8. The number of amides is 1. The summed E-state index contributed by atoms with van der Waals surface area (Å²) in [5, 5.41) is 3.05. The number of nitrogens with one attached hydrogen (secondary N) is 1. The molecule has 3 N–H and O–H groups in total. The highest BCUT2D eigenvalue weighted by Gasteiger charge is 2.42. The number of ether oxygens (including phenoxy) is 1.